The molecule has 1 aliphatic heterocycles. The number of nitrogens with one attached hydrogen (secondary N) is 1. The fraction of sp³-hybridized carbons (Fsp3) is 0.857. The lowest BCUT2D eigenvalue weighted by molar-refractivity contribution is 0.185. The van der Waals surface area contributed by atoms with Crippen molar-refractivity contribution in [1.29, 1.82) is 0 Å². The van der Waals surface area contributed by atoms with Crippen LogP contribution in [0.2, 0.25) is 0 Å². The van der Waals surface area contributed by atoms with Crippen molar-refractivity contribution in [2.75, 3.05) is 0 Å². The second-order valence-corrected chi connectivity index (χ2v) is 3.13. The van der Waals surface area contributed by atoms with E-state index in [0.717, 1.165) is 19.3 Å². The van der Waals surface area contributed by atoms with Crippen molar-refractivity contribution in [3.05, 3.63) is 0 Å². The predicted octanol–water partition coefficient (Wildman–Crippen LogP) is 0.574. The Labute approximate surface area is 64.5 Å². The van der Waals surface area contributed by atoms with Crippen LogP contribution in [0.4, 0.5) is 4.79 Å². The summed E-state index contributed by atoms with van der Waals surface area (Å²) in [5, 5.41) is 10.9. The van der Waals surface area contributed by atoms with Crippen molar-refractivity contribution in [3.8, 4) is 0 Å². The summed E-state index contributed by atoms with van der Waals surface area (Å²) < 4.78 is 5.27. The summed E-state index contributed by atoms with van der Waals surface area (Å²) in [6.45, 7) is 0. The van der Waals surface area contributed by atoms with Crippen LogP contribution in [0.1, 0.15) is 19.3 Å². The van der Waals surface area contributed by atoms with Gasteiger partial charge in [-0.15, -0.1) is 0 Å². The van der Waals surface area contributed by atoms with Crippen LogP contribution in [0, 0.1) is 0 Å². The van der Waals surface area contributed by atoms with Gasteiger partial charge in [-0.25, -0.2) is 4.79 Å². The summed E-state index contributed by atoms with van der Waals surface area (Å²) in [6.07, 6.45) is 2.69. The highest BCUT2D eigenvalue weighted by Gasteiger charge is 2.47. The van der Waals surface area contributed by atoms with Crippen molar-refractivity contribution >= 4 is 6.09 Å². The summed E-state index contributed by atoms with van der Waals surface area (Å²) in [5.74, 6) is 0. The number of ether oxygens (including phenoxy) is 1. The molecule has 4 nitrogen and oxygen atoms in total. The molecule has 0 spiro atoms. The highest BCUT2D eigenvalue weighted by atomic mass is 16.6. The van der Waals surface area contributed by atoms with Crippen LogP contribution in [0.15, 0.2) is 0 Å². The van der Waals surface area contributed by atoms with Crippen LogP contribution in [0.25, 0.3) is 0 Å². The molecule has 0 aromatic carbocycles. The number of carboxylic acid groups (broad SMARTS) is 1. The summed E-state index contributed by atoms with van der Waals surface area (Å²) in [6, 6.07) is 0.0475. The lowest BCUT2D eigenvalue weighted by Crippen LogP contribution is -2.40. The Hall–Kier alpha value is -0.770. The Morgan fingerprint density at radius 2 is 2.36 bits per heavy atom. The molecule has 2 N–H and O–H groups in total. The van der Waals surface area contributed by atoms with Gasteiger partial charge < -0.3 is 15.2 Å². The molecule has 0 radical (unpaired) electrons. The monoisotopic (exact) mass is 157 g/mol. The maximum absolute atomic E-state index is 10.3. The molecule has 4 heteroatoms. The normalized spacial score (nSPS) is 40.9. The number of carbonyl (C=O) groups is 1. The van der Waals surface area contributed by atoms with Crippen molar-refractivity contribution in [1.82, 2.24) is 5.32 Å². The van der Waals surface area contributed by atoms with E-state index in [9.17, 15) is 4.79 Å². The molecule has 0 aromatic heterocycles. The van der Waals surface area contributed by atoms with Gasteiger partial charge in [-0.05, 0) is 19.3 Å². The largest absolute Gasteiger partial charge is 0.465 e. The van der Waals surface area contributed by atoms with Crippen LogP contribution < -0.4 is 5.32 Å². The zero-order chi connectivity index (χ0) is 7.84. The molecule has 0 bridgehead atoms. The third kappa shape index (κ3) is 1.30. The molecule has 0 aromatic rings. The summed E-state index contributed by atoms with van der Waals surface area (Å²) in [4.78, 5) is 10.3. The third-order valence-corrected chi connectivity index (χ3v) is 2.33. The number of rotatable bonds is 1. The Morgan fingerprint density at radius 1 is 1.55 bits per heavy atom. The van der Waals surface area contributed by atoms with Crippen molar-refractivity contribution < 1.29 is 14.6 Å². The third-order valence-electron chi connectivity index (χ3n) is 2.33. The molecule has 3 unspecified atom stereocenters. The molecule has 11 heavy (non-hydrogen) atoms. The second kappa shape index (κ2) is 2.37. The number of fused-ring (bicyclic) bond motifs is 1. The average Bonchev–Trinajstić information content (AvgIpc) is 2.65. The van der Waals surface area contributed by atoms with E-state index in [1.54, 1.807) is 0 Å². The van der Waals surface area contributed by atoms with Crippen molar-refractivity contribution in [2.24, 2.45) is 0 Å². The van der Waals surface area contributed by atoms with E-state index in [-0.39, 0.29) is 12.1 Å². The standard InChI is InChI=1S/C7H11NO3/c9-7(10)8-4-2-1-3-5-6(4)11-5/h4-6,8H,1-3H2,(H,9,10). The Morgan fingerprint density at radius 3 is 3.09 bits per heavy atom. The van der Waals surface area contributed by atoms with Gasteiger partial charge in [-0.1, -0.05) is 0 Å². The fourth-order valence-electron chi connectivity index (χ4n) is 1.76. The summed E-state index contributed by atoms with van der Waals surface area (Å²) >= 11 is 0. The Bertz CT molecular complexity index is 183. The number of epoxide rings is 1. The molecule has 2 rings (SSSR count). The summed E-state index contributed by atoms with van der Waals surface area (Å²) in [7, 11) is 0. The number of amides is 1. The Kier molecular flexibility index (Phi) is 1.49. The van der Waals surface area contributed by atoms with Crippen LogP contribution in [0.3, 0.4) is 0 Å². The number of hydrogen-bond donors (Lipinski definition) is 2. The molecule has 1 amide bonds. The molecule has 3 atom stereocenters. The number of hydrogen-bond acceptors (Lipinski definition) is 2. The topological polar surface area (TPSA) is 61.9 Å². The van der Waals surface area contributed by atoms with E-state index in [0.29, 0.717) is 6.10 Å². The average molecular weight is 157 g/mol. The van der Waals surface area contributed by atoms with E-state index >= 15 is 0 Å². The van der Waals surface area contributed by atoms with E-state index in [4.69, 9.17) is 9.84 Å². The van der Waals surface area contributed by atoms with Crippen LogP contribution >= 0.6 is 0 Å². The molecule has 62 valence electrons. The SMILES string of the molecule is O=C(O)NC1CCCC2OC12. The first-order valence-electron chi connectivity index (χ1n) is 3.92. The minimum atomic E-state index is -0.939. The van der Waals surface area contributed by atoms with Crippen LogP contribution in [-0.2, 0) is 4.74 Å². The van der Waals surface area contributed by atoms with Crippen LogP contribution in [-0.4, -0.2) is 29.4 Å². The molecule has 1 saturated carbocycles. The van der Waals surface area contributed by atoms with E-state index < -0.39 is 6.09 Å². The summed E-state index contributed by atoms with van der Waals surface area (Å²) in [5.41, 5.74) is 0. The lowest BCUT2D eigenvalue weighted by Gasteiger charge is -2.17. The van der Waals surface area contributed by atoms with Crippen molar-refractivity contribution in [3.63, 3.8) is 0 Å². The van der Waals surface area contributed by atoms with Gasteiger partial charge in [0.05, 0.1) is 12.1 Å². The maximum Gasteiger partial charge on any atom is 0.404 e. The van der Waals surface area contributed by atoms with Gasteiger partial charge in [0.25, 0.3) is 0 Å². The molecule has 2 fully saturated rings. The second-order valence-electron chi connectivity index (χ2n) is 3.13. The van der Waals surface area contributed by atoms with E-state index in [1.807, 2.05) is 0 Å². The lowest BCUT2D eigenvalue weighted by atomic mass is 9.96. The maximum atomic E-state index is 10.3. The van der Waals surface area contributed by atoms with Gasteiger partial charge in [0.15, 0.2) is 0 Å². The first-order chi connectivity index (χ1) is 5.27. The van der Waals surface area contributed by atoms with Gasteiger partial charge in [-0.2, -0.15) is 0 Å². The first-order valence-corrected chi connectivity index (χ1v) is 3.92. The van der Waals surface area contributed by atoms with Gasteiger partial charge >= 0.3 is 6.09 Å². The van der Waals surface area contributed by atoms with Gasteiger partial charge in [0.2, 0.25) is 0 Å². The van der Waals surface area contributed by atoms with Gasteiger partial charge in [0.1, 0.15) is 6.10 Å². The first kappa shape index (κ1) is 6.91. The quantitative estimate of drug-likeness (QED) is 0.547. The highest BCUT2D eigenvalue weighted by molar-refractivity contribution is 5.65. The van der Waals surface area contributed by atoms with Crippen molar-refractivity contribution in [2.45, 2.75) is 37.5 Å². The molecule has 1 heterocycles. The molecule has 1 aliphatic carbocycles. The van der Waals surface area contributed by atoms with Gasteiger partial charge in [0, 0.05) is 0 Å². The predicted molar refractivity (Wildman–Crippen MR) is 37.5 cm³/mol. The minimum Gasteiger partial charge on any atom is -0.465 e. The van der Waals surface area contributed by atoms with E-state index in [2.05, 4.69) is 5.32 Å². The van der Waals surface area contributed by atoms with Gasteiger partial charge in [-0.3, -0.25) is 0 Å². The smallest absolute Gasteiger partial charge is 0.404 e. The fourth-order valence-corrected chi connectivity index (χ4v) is 1.76. The molecule has 2 aliphatic rings. The highest BCUT2D eigenvalue weighted by Crippen LogP contribution is 2.36. The zero-order valence-electron chi connectivity index (χ0n) is 6.12. The Balaban J connectivity index is 1.88. The molecule has 1 saturated heterocycles. The molecular weight excluding hydrogens is 146 g/mol. The van der Waals surface area contributed by atoms with E-state index in [1.165, 1.54) is 0 Å². The van der Waals surface area contributed by atoms with Crippen LogP contribution in [0.5, 0.6) is 0 Å². The minimum absolute atomic E-state index is 0.0475. The molecular formula is C7H11NO3. The zero-order valence-corrected chi connectivity index (χ0v) is 6.12.